The smallest absolute Gasteiger partial charge is 0.0898 e. The van der Waals surface area contributed by atoms with E-state index in [2.05, 4.69) is 10.4 Å². The predicted octanol–water partition coefficient (Wildman–Crippen LogP) is 1.41. The van der Waals surface area contributed by atoms with E-state index in [-0.39, 0.29) is 0 Å². The number of para-hydroxylation sites is 1. The summed E-state index contributed by atoms with van der Waals surface area (Å²) < 4.78 is 0. The Morgan fingerprint density at radius 3 is 2.69 bits per heavy atom. The van der Waals surface area contributed by atoms with Crippen molar-refractivity contribution in [1.82, 2.24) is 0 Å². The molecule has 0 aliphatic heterocycles. The van der Waals surface area contributed by atoms with Crippen LogP contribution in [0.5, 0.6) is 0 Å². The highest BCUT2D eigenvalue weighted by atomic mass is 32.1. The first-order valence-corrected chi connectivity index (χ1v) is 4.35. The summed E-state index contributed by atoms with van der Waals surface area (Å²) in [6, 6.07) is 9.81. The van der Waals surface area contributed by atoms with Crippen LogP contribution in [0.25, 0.3) is 0 Å². The van der Waals surface area contributed by atoms with Gasteiger partial charge in [0.2, 0.25) is 0 Å². The van der Waals surface area contributed by atoms with Gasteiger partial charge in [0.1, 0.15) is 0 Å². The lowest BCUT2D eigenvalue weighted by Crippen LogP contribution is -2.15. The minimum absolute atomic E-state index is 0.560. The molecule has 0 atom stereocenters. The first-order chi connectivity index (χ1) is 6.36. The van der Waals surface area contributed by atoms with Gasteiger partial charge in [0, 0.05) is 11.1 Å². The molecule has 0 saturated heterocycles. The van der Waals surface area contributed by atoms with Crippen LogP contribution in [-0.2, 0) is 0 Å². The summed E-state index contributed by atoms with van der Waals surface area (Å²) in [4.78, 5) is 0. The molecule has 4 heteroatoms. The van der Waals surface area contributed by atoms with E-state index in [1.807, 2.05) is 30.3 Å². The van der Waals surface area contributed by atoms with Gasteiger partial charge in [-0.15, -0.1) is 0 Å². The molecule has 0 aliphatic carbocycles. The Morgan fingerprint density at radius 1 is 1.46 bits per heavy atom. The number of rotatable bonds is 4. The molecule has 1 aromatic carbocycles. The van der Waals surface area contributed by atoms with Crippen LogP contribution in [0.3, 0.4) is 0 Å². The van der Waals surface area contributed by atoms with E-state index in [1.54, 1.807) is 0 Å². The minimum atomic E-state index is 0.560. The van der Waals surface area contributed by atoms with E-state index in [1.165, 1.54) is 5.37 Å². The van der Waals surface area contributed by atoms with Gasteiger partial charge in [0.25, 0.3) is 0 Å². The van der Waals surface area contributed by atoms with E-state index >= 15 is 0 Å². The Bertz CT molecular complexity index is 295. The molecule has 3 N–H and O–H groups in total. The maximum absolute atomic E-state index is 5.10. The van der Waals surface area contributed by atoms with Crippen molar-refractivity contribution in [3.63, 3.8) is 0 Å². The molecule has 0 fully saturated rings. The molecular formula is C9H11N3S. The molecule has 1 rings (SSSR count). The molecule has 0 unspecified atom stereocenters. The summed E-state index contributed by atoms with van der Waals surface area (Å²) in [5.74, 6) is 5.10. The highest BCUT2D eigenvalue weighted by Gasteiger charge is 1.93. The fourth-order valence-corrected chi connectivity index (χ4v) is 1.01. The normalized spacial score (nSPS) is 10.9. The lowest BCUT2D eigenvalue weighted by molar-refractivity contribution is 1.23. The SMILES string of the molecule is NN=C(C=S)CNc1ccccc1. The lowest BCUT2D eigenvalue weighted by atomic mass is 10.3. The second kappa shape index (κ2) is 5.27. The Hall–Kier alpha value is -1.42. The summed E-state index contributed by atoms with van der Waals surface area (Å²) in [6.45, 7) is 0.560. The first kappa shape index (κ1) is 9.67. The molecule has 0 aliphatic rings. The summed E-state index contributed by atoms with van der Waals surface area (Å²) in [6.07, 6.45) is 0. The molecule has 3 nitrogen and oxygen atoms in total. The quantitative estimate of drug-likeness (QED) is 0.329. The van der Waals surface area contributed by atoms with Gasteiger partial charge in [-0.25, -0.2) is 0 Å². The van der Waals surface area contributed by atoms with Crippen LogP contribution in [0, 0.1) is 0 Å². The molecule has 0 saturated carbocycles. The minimum Gasteiger partial charge on any atom is -0.379 e. The monoisotopic (exact) mass is 193 g/mol. The highest BCUT2D eigenvalue weighted by molar-refractivity contribution is 7.80. The van der Waals surface area contributed by atoms with Gasteiger partial charge in [0.15, 0.2) is 0 Å². The van der Waals surface area contributed by atoms with Gasteiger partial charge in [-0.1, -0.05) is 30.4 Å². The standard InChI is InChI=1S/C9H11N3S/c10-12-9(7-13)6-11-8-4-2-1-3-5-8/h1-5,7,11H,6,10H2. The van der Waals surface area contributed by atoms with Gasteiger partial charge in [-0.2, -0.15) is 5.10 Å². The second-order valence-corrected chi connectivity index (χ2v) is 2.69. The van der Waals surface area contributed by atoms with Crippen molar-refractivity contribution in [3.8, 4) is 0 Å². The number of hydrogen-bond donors (Lipinski definition) is 2. The maximum Gasteiger partial charge on any atom is 0.0898 e. The van der Waals surface area contributed by atoms with Gasteiger partial charge in [-0.05, 0) is 12.1 Å². The fraction of sp³-hybridized carbons (Fsp3) is 0.111. The van der Waals surface area contributed by atoms with Crippen molar-refractivity contribution in [1.29, 1.82) is 0 Å². The number of benzene rings is 1. The molecular weight excluding hydrogens is 182 g/mol. The summed E-state index contributed by atoms with van der Waals surface area (Å²) >= 11 is 4.71. The van der Waals surface area contributed by atoms with Crippen molar-refractivity contribution >= 4 is 29.0 Å². The molecule has 0 aromatic heterocycles. The van der Waals surface area contributed by atoms with Crippen LogP contribution in [0.2, 0.25) is 0 Å². The molecule has 68 valence electrons. The number of nitrogens with two attached hydrogens (primary N) is 1. The van der Waals surface area contributed by atoms with Gasteiger partial charge in [-0.3, -0.25) is 0 Å². The average molecular weight is 193 g/mol. The number of thiocarbonyl (C=S) groups is 1. The third-order valence-corrected chi connectivity index (χ3v) is 1.82. The zero-order valence-electron chi connectivity index (χ0n) is 7.10. The van der Waals surface area contributed by atoms with Crippen molar-refractivity contribution in [2.24, 2.45) is 10.9 Å². The van der Waals surface area contributed by atoms with Crippen LogP contribution >= 0.6 is 12.2 Å². The van der Waals surface area contributed by atoms with E-state index in [0.29, 0.717) is 12.3 Å². The summed E-state index contributed by atoms with van der Waals surface area (Å²) in [5, 5.41) is 8.12. The Balaban J connectivity index is 2.48. The third-order valence-electron chi connectivity index (χ3n) is 1.55. The molecule has 0 radical (unpaired) electrons. The van der Waals surface area contributed by atoms with Crippen LogP contribution in [0.1, 0.15) is 0 Å². The van der Waals surface area contributed by atoms with Crippen LogP contribution in [0.4, 0.5) is 5.69 Å². The lowest BCUT2D eigenvalue weighted by Gasteiger charge is -2.03. The molecule has 13 heavy (non-hydrogen) atoms. The first-order valence-electron chi connectivity index (χ1n) is 3.87. The van der Waals surface area contributed by atoms with E-state index in [0.717, 1.165) is 5.69 Å². The number of nitrogens with zero attached hydrogens (tertiary/aromatic N) is 1. The average Bonchev–Trinajstić information content (AvgIpc) is 2.21. The maximum atomic E-state index is 5.10. The summed E-state index contributed by atoms with van der Waals surface area (Å²) in [5.41, 5.74) is 1.69. The van der Waals surface area contributed by atoms with E-state index in [4.69, 9.17) is 18.1 Å². The number of anilines is 1. The van der Waals surface area contributed by atoms with E-state index < -0.39 is 0 Å². The second-order valence-electron chi connectivity index (χ2n) is 2.46. The van der Waals surface area contributed by atoms with Gasteiger partial charge < -0.3 is 11.2 Å². The van der Waals surface area contributed by atoms with Gasteiger partial charge >= 0.3 is 0 Å². The highest BCUT2D eigenvalue weighted by Crippen LogP contribution is 2.03. The molecule has 0 heterocycles. The van der Waals surface area contributed by atoms with Crippen LogP contribution < -0.4 is 11.2 Å². The Kier molecular flexibility index (Phi) is 3.92. The Morgan fingerprint density at radius 2 is 2.15 bits per heavy atom. The van der Waals surface area contributed by atoms with Crippen LogP contribution in [-0.4, -0.2) is 17.6 Å². The number of hydrazone groups is 1. The van der Waals surface area contributed by atoms with Crippen molar-refractivity contribution in [2.45, 2.75) is 0 Å². The molecule has 0 amide bonds. The zero-order valence-corrected chi connectivity index (χ0v) is 7.92. The molecule has 1 aromatic rings. The van der Waals surface area contributed by atoms with Crippen molar-refractivity contribution in [3.05, 3.63) is 30.3 Å². The van der Waals surface area contributed by atoms with Gasteiger partial charge in [0.05, 0.1) is 12.3 Å². The number of nitrogens with one attached hydrogen (secondary N) is 1. The largest absolute Gasteiger partial charge is 0.379 e. The number of hydrogen-bond acceptors (Lipinski definition) is 4. The Labute approximate surface area is 82.6 Å². The molecule has 0 bridgehead atoms. The van der Waals surface area contributed by atoms with Crippen LogP contribution in [0.15, 0.2) is 35.4 Å². The zero-order chi connectivity index (χ0) is 9.52. The predicted molar refractivity (Wildman–Crippen MR) is 60.2 cm³/mol. The van der Waals surface area contributed by atoms with E-state index in [9.17, 15) is 0 Å². The van der Waals surface area contributed by atoms with Crippen molar-refractivity contribution in [2.75, 3.05) is 11.9 Å². The van der Waals surface area contributed by atoms with Crippen molar-refractivity contribution < 1.29 is 0 Å². The third kappa shape index (κ3) is 3.21. The summed E-state index contributed by atoms with van der Waals surface area (Å²) in [7, 11) is 0. The fourth-order valence-electron chi connectivity index (χ4n) is 0.866. The molecule has 0 spiro atoms. The topological polar surface area (TPSA) is 50.4 Å².